The summed E-state index contributed by atoms with van der Waals surface area (Å²) in [5.74, 6) is -1.27. The van der Waals surface area contributed by atoms with Gasteiger partial charge in [0.2, 0.25) is 0 Å². The highest BCUT2D eigenvalue weighted by Crippen LogP contribution is 2.24. The number of thiophene rings is 1. The molecule has 0 spiro atoms. The number of methoxy groups -OCH3 is 1. The number of nitrogens with zero attached hydrogens (tertiary/aromatic N) is 2. The summed E-state index contributed by atoms with van der Waals surface area (Å²) < 4.78 is 6.11. The van der Waals surface area contributed by atoms with Crippen LogP contribution in [-0.4, -0.2) is 34.3 Å². The van der Waals surface area contributed by atoms with E-state index in [1.807, 2.05) is 0 Å². The van der Waals surface area contributed by atoms with Gasteiger partial charge in [-0.15, -0.1) is 11.3 Å². The van der Waals surface area contributed by atoms with E-state index < -0.39 is 11.5 Å². The average Bonchev–Trinajstić information content (AvgIpc) is 2.90. The number of carbonyl (C=O) groups is 1. The van der Waals surface area contributed by atoms with Crippen LogP contribution in [0.2, 0.25) is 0 Å². The molecule has 2 heterocycles. The third-order valence-corrected chi connectivity index (χ3v) is 3.42. The third-order valence-electron chi connectivity index (χ3n) is 2.54. The molecule has 0 bridgehead atoms. The van der Waals surface area contributed by atoms with Gasteiger partial charge in [0.15, 0.2) is 5.56 Å². The van der Waals surface area contributed by atoms with Crippen LogP contribution in [0.25, 0.3) is 10.6 Å². The normalized spacial score (nSPS) is 10.6. The van der Waals surface area contributed by atoms with Crippen molar-refractivity contribution in [2.45, 2.75) is 6.54 Å². The van der Waals surface area contributed by atoms with Gasteiger partial charge in [0.25, 0.3) is 5.56 Å². The van der Waals surface area contributed by atoms with E-state index in [0.717, 1.165) is 0 Å². The molecule has 6 nitrogen and oxygen atoms in total. The van der Waals surface area contributed by atoms with Crippen LogP contribution in [0.4, 0.5) is 0 Å². The first-order chi connectivity index (χ1) is 9.15. The Kier molecular flexibility index (Phi) is 4.08. The van der Waals surface area contributed by atoms with Crippen molar-refractivity contribution >= 4 is 17.3 Å². The molecule has 2 rings (SSSR count). The van der Waals surface area contributed by atoms with E-state index in [4.69, 9.17) is 4.74 Å². The Morgan fingerprint density at radius 2 is 2.37 bits per heavy atom. The second kappa shape index (κ2) is 5.77. The van der Waals surface area contributed by atoms with Crippen molar-refractivity contribution in [1.82, 2.24) is 9.55 Å². The summed E-state index contributed by atoms with van der Waals surface area (Å²) in [6, 6.07) is 3.52. The fraction of sp³-hybridized carbons (Fsp3) is 0.250. The number of ether oxygens (including phenoxy) is 1. The molecule has 19 heavy (non-hydrogen) atoms. The van der Waals surface area contributed by atoms with Crippen molar-refractivity contribution in [3.63, 3.8) is 0 Å². The lowest BCUT2D eigenvalue weighted by atomic mass is 10.2. The van der Waals surface area contributed by atoms with Gasteiger partial charge >= 0.3 is 5.97 Å². The monoisotopic (exact) mass is 280 g/mol. The summed E-state index contributed by atoms with van der Waals surface area (Å²) in [6.07, 6.45) is 1.35. The SMILES string of the molecule is COCCn1cnc(-c2cccs2)c(C(=O)O)c1=O. The molecule has 0 atom stereocenters. The lowest BCUT2D eigenvalue weighted by Crippen LogP contribution is -2.29. The van der Waals surface area contributed by atoms with Gasteiger partial charge in [-0.2, -0.15) is 0 Å². The molecule has 7 heteroatoms. The number of rotatable bonds is 5. The van der Waals surface area contributed by atoms with Crippen LogP contribution in [0.1, 0.15) is 10.4 Å². The molecule has 0 aliphatic rings. The molecule has 0 unspecified atom stereocenters. The molecule has 100 valence electrons. The zero-order chi connectivity index (χ0) is 13.8. The van der Waals surface area contributed by atoms with E-state index in [2.05, 4.69) is 4.98 Å². The lowest BCUT2D eigenvalue weighted by Gasteiger charge is -2.08. The highest BCUT2D eigenvalue weighted by atomic mass is 32.1. The number of carboxylic acid groups (broad SMARTS) is 1. The highest BCUT2D eigenvalue weighted by molar-refractivity contribution is 7.13. The zero-order valence-electron chi connectivity index (χ0n) is 10.2. The molecular weight excluding hydrogens is 268 g/mol. The number of hydrogen-bond acceptors (Lipinski definition) is 5. The minimum Gasteiger partial charge on any atom is -0.477 e. The van der Waals surface area contributed by atoms with Crippen molar-refractivity contribution in [2.24, 2.45) is 0 Å². The van der Waals surface area contributed by atoms with Gasteiger partial charge in [0, 0.05) is 7.11 Å². The maximum absolute atomic E-state index is 12.1. The Morgan fingerprint density at radius 3 is 2.95 bits per heavy atom. The number of aromatic nitrogens is 2. The molecule has 0 aliphatic carbocycles. The molecule has 1 N–H and O–H groups in total. The molecule has 0 amide bonds. The van der Waals surface area contributed by atoms with E-state index in [0.29, 0.717) is 11.5 Å². The zero-order valence-corrected chi connectivity index (χ0v) is 11.0. The summed E-state index contributed by atoms with van der Waals surface area (Å²) in [4.78, 5) is 28.2. The van der Waals surface area contributed by atoms with Crippen LogP contribution in [-0.2, 0) is 11.3 Å². The summed E-state index contributed by atoms with van der Waals surface area (Å²) in [6.45, 7) is 0.590. The predicted octanol–water partition coefficient (Wildman–Crippen LogP) is 1.32. The van der Waals surface area contributed by atoms with Gasteiger partial charge in [0.05, 0.1) is 24.4 Å². The standard InChI is InChI=1S/C12H12N2O4S/c1-18-5-4-14-7-13-10(8-3-2-6-19-8)9(11(14)15)12(16)17/h2-3,6-7H,4-5H2,1H3,(H,16,17). The number of carboxylic acids is 1. The lowest BCUT2D eigenvalue weighted by molar-refractivity contribution is 0.0694. The van der Waals surface area contributed by atoms with Crippen molar-refractivity contribution in [3.05, 3.63) is 39.8 Å². The topological polar surface area (TPSA) is 81.4 Å². The Balaban J connectivity index is 2.55. The summed E-state index contributed by atoms with van der Waals surface area (Å²) in [7, 11) is 1.51. The van der Waals surface area contributed by atoms with Gasteiger partial charge in [-0.1, -0.05) is 6.07 Å². The minimum absolute atomic E-state index is 0.209. The van der Waals surface area contributed by atoms with E-state index in [9.17, 15) is 14.7 Å². The van der Waals surface area contributed by atoms with Gasteiger partial charge in [-0.05, 0) is 11.4 Å². The quantitative estimate of drug-likeness (QED) is 0.893. The van der Waals surface area contributed by atoms with Crippen molar-refractivity contribution < 1.29 is 14.6 Å². The molecule has 0 aromatic carbocycles. The summed E-state index contributed by atoms with van der Waals surface area (Å²) in [5, 5.41) is 11.0. The molecule has 0 fully saturated rings. The molecule has 2 aromatic rings. The van der Waals surface area contributed by atoms with Crippen LogP contribution in [0.3, 0.4) is 0 Å². The van der Waals surface area contributed by atoms with Gasteiger partial charge < -0.3 is 9.84 Å². The molecule has 0 radical (unpaired) electrons. The van der Waals surface area contributed by atoms with E-state index in [-0.39, 0.29) is 17.8 Å². The van der Waals surface area contributed by atoms with Crippen molar-refractivity contribution in [3.8, 4) is 10.6 Å². The minimum atomic E-state index is -1.27. The first-order valence-corrected chi connectivity index (χ1v) is 6.38. The van der Waals surface area contributed by atoms with Crippen LogP contribution in [0.5, 0.6) is 0 Å². The molecule has 2 aromatic heterocycles. The fourth-order valence-corrected chi connectivity index (χ4v) is 2.36. The second-order valence-corrected chi connectivity index (χ2v) is 4.69. The third kappa shape index (κ3) is 2.72. The summed E-state index contributed by atoms with van der Waals surface area (Å²) in [5.41, 5.74) is -0.662. The van der Waals surface area contributed by atoms with Crippen LogP contribution in [0.15, 0.2) is 28.6 Å². The first-order valence-electron chi connectivity index (χ1n) is 5.50. The Labute approximate surface area is 112 Å². The highest BCUT2D eigenvalue weighted by Gasteiger charge is 2.20. The molecule has 0 saturated carbocycles. The van der Waals surface area contributed by atoms with Crippen LogP contribution < -0.4 is 5.56 Å². The summed E-state index contributed by atoms with van der Waals surface area (Å²) >= 11 is 1.34. The molecular formula is C12H12N2O4S. The van der Waals surface area contributed by atoms with Crippen molar-refractivity contribution in [2.75, 3.05) is 13.7 Å². The Morgan fingerprint density at radius 1 is 1.58 bits per heavy atom. The van der Waals surface area contributed by atoms with Crippen LogP contribution >= 0.6 is 11.3 Å². The largest absolute Gasteiger partial charge is 0.477 e. The predicted molar refractivity (Wildman–Crippen MR) is 70.6 cm³/mol. The molecule has 0 saturated heterocycles. The average molecular weight is 280 g/mol. The Hall–Kier alpha value is -1.99. The number of hydrogen-bond donors (Lipinski definition) is 1. The smallest absolute Gasteiger partial charge is 0.343 e. The maximum atomic E-state index is 12.1. The maximum Gasteiger partial charge on any atom is 0.343 e. The fourth-order valence-electron chi connectivity index (χ4n) is 1.63. The van der Waals surface area contributed by atoms with Crippen molar-refractivity contribution in [1.29, 1.82) is 0 Å². The van der Waals surface area contributed by atoms with Gasteiger partial charge in [-0.3, -0.25) is 9.36 Å². The number of aromatic carboxylic acids is 1. The van der Waals surface area contributed by atoms with Crippen LogP contribution in [0, 0.1) is 0 Å². The first kappa shape index (κ1) is 13.4. The van der Waals surface area contributed by atoms with Gasteiger partial charge in [0.1, 0.15) is 5.69 Å². The van der Waals surface area contributed by atoms with E-state index in [1.165, 1.54) is 29.3 Å². The molecule has 0 aliphatic heterocycles. The Bertz CT molecular complexity index is 634. The van der Waals surface area contributed by atoms with Gasteiger partial charge in [-0.25, -0.2) is 9.78 Å². The second-order valence-electron chi connectivity index (χ2n) is 3.74. The van der Waals surface area contributed by atoms with E-state index >= 15 is 0 Å². The van der Waals surface area contributed by atoms with E-state index in [1.54, 1.807) is 17.5 Å².